The largest absolute Gasteiger partial charge is 0.507 e. The van der Waals surface area contributed by atoms with Crippen molar-refractivity contribution >= 4 is 17.4 Å². The van der Waals surface area contributed by atoms with E-state index in [1.54, 1.807) is 49.6 Å². The summed E-state index contributed by atoms with van der Waals surface area (Å²) < 4.78 is 16.7. The average Bonchev–Trinajstić information content (AvgIpc) is 3.13. The predicted octanol–water partition coefficient (Wildman–Crippen LogP) is 4.26. The summed E-state index contributed by atoms with van der Waals surface area (Å²) in [5, 5.41) is 11.3. The van der Waals surface area contributed by atoms with E-state index in [2.05, 4.69) is 6.92 Å². The Kier molecular flexibility index (Phi) is 9.36. The molecule has 1 heterocycles. The zero-order chi connectivity index (χ0) is 26.2. The fourth-order valence-electron chi connectivity index (χ4n) is 4.24. The van der Waals surface area contributed by atoms with Crippen LogP contribution in [0.4, 0.5) is 0 Å². The Morgan fingerprint density at radius 2 is 1.69 bits per heavy atom. The van der Waals surface area contributed by atoms with Gasteiger partial charge in [0.05, 0.1) is 32.4 Å². The number of hydrogen-bond acceptors (Lipinski definition) is 7. The molecule has 8 heteroatoms. The number of methoxy groups -OCH3 is 2. The van der Waals surface area contributed by atoms with Crippen LogP contribution in [-0.2, 0) is 9.59 Å². The first kappa shape index (κ1) is 27.1. The van der Waals surface area contributed by atoms with Crippen LogP contribution in [0.25, 0.3) is 5.76 Å². The summed E-state index contributed by atoms with van der Waals surface area (Å²) >= 11 is 0. The molecule has 0 bridgehead atoms. The molecule has 8 nitrogen and oxygen atoms in total. The molecular formula is C28H36N2O6. The zero-order valence-electron chi connectivity index (χ0n) is 21.7. The summed E-state index contributed by atoms with van der Waals surface area (Å²) in [4.78, 5) is 30.0. The summed E-state index contributed by atoms with van der Waals surface area (Å²) in [5.41, 5.74) is 1.02. The third kappa shape index (κ3) is 5.99. The molecule has 3 rings (SSSR count). The maximum Gasteiger partial charge on any atom is 0.295 e. The highest BCUT2D eigenvalue weighted by molar-refractivity contribution is 6.46. The number of hydrogen-bond donors (Lipinski definition) is 1. The number of Topliss-reactive ketones (excluding diaryl/α,β-unsaturated/α-hetero) is 1. The maximum atomic E-state index is 13.3. The minimum Gasteiger partial charge on any atom is -0.507 e. The van der Waals surface area contributed by atoms with Gasteiger partial charge in [0.25, 0.3) is 11.7 Å². The predicted molar refractivity (Wildman–Crippen MR) is 139 cm³/mol. The Bertz CT molecular complexity index is 1090. The van der Waals surface area contributed by atoms with Gasteiger partial charge in [0, 0.05) is 17.7 Å². The highest BCUT2D eigenvalue weighted by Crippen LogP contribution is 2.44. The van der Waals surface area contributed by atoms with Crippen LogP contribution in [0.1, 0.15) is 43.4 Å². The topological polar surface area (TPSA) is 88.5 Å². The Balaban J connectivity index is 2.08. The molecule has 2 aromatic rings. The molecule has 1 atom stereocenters. The van der Waals surface area contributed by atoms with E-state index in [-0.39, 0.29) is 11.3 Å². The minimum absolute atomic E-state index is 0.0241. The molecular weight excluding hydrogens is 460 g/mol. The maximum absolute atomic E-state index is 13.3. The number of likely N-dealkylation sites (tertiary alicyclic amines) is 1. The molecule has 0 saturated carbocycles. The number of carbonyl (C=O) groups excluding carboxylic acids is 2. The average molecular weight is 497 g/mol. The van der Waals surface area contributed by atoms with Crippen molar-refractivity contribution in [2.45, 2.75) is 32.2 Å². The van der Waals surface area contributed by atoms with Gasteiger partial charge in [-0.15, -0.1) is 0 Å². The second kappa shape index (κ2) is 12.4. The molecule has 0 aliphatic carbocycles. The van der Waals surface area contributed by atoms with Crippen LogP contribution in [0.15, 0.2) is 48.0 Å². The number of nitrogens with zero attached hydrogens (tertiary/aromatic N) is 2. The van der Waals surface area contributed by atoms with Crippen molar-refractivity contribution in [2.24, 2.45) is 0 Å². The molecule has 1 saturated heterocycles. The van der Waals surface area contributed by atoms with Crippen LogP contribution < -0.4 is 14.2 Å². The zero-order valence-corrected chi connectivity index (χ0v) is 21.7. The van der Waals surface area contributed by atoms with Crippen molar-refractivity contribution in [3.8, 4) is 17.2 Å². The van der Waals surface area contributed by atoms with Crippen molar-refractivity contribution in [1.29, 1.82) is 0 Å². The van der Waals surface area contributed by atoms with Crippen molar-refractivity contribution in [3.05, 3.63) is 59.2 Å². The van der Waals surface area contributed by atoms with Gasteiger partial charge in [0.15, 0.2) is 0 Å². The fourth-order valence-corrected chi connectivity index (χ4v) is 4.24. The van der Waals surface area contributed by atoms with Crippen molar-refractivity contribution in [2.75, 3.05) is 48.0 Å². The summed E-state index contributed by atoms with van der Waals surface area (Å²) in [6, 6.07) is 11.3. The number of aliphatic hydroxyl groups is 1. The Morgan fingerprint density at radius 3 is 2.31 bits per heavy atom. The summed E-state index contributed by atoms with van der Waals surface area (Å²) in [7, 11) is 6.98. The fraction of sp³-hybridized carbons (Fsp3) is 0.429. The van der Waals surface area contributed by atoms with Crippen LogP contribution in [0.5, 0.6) is 17.2 Å². The van der Waals surface area contributed by atoms with E-state index in [1.165, 1.54) is 12.0 Å². The number of carbonyl (C=O) groups is 2. The van der Waals surface area contributed by atoms with Gasteiger partial charge in [-0.1, -0.05) is 13.3 Å². The highest BCUT2D eigenvalue weighted by atomic mass is 16.5. The molecule has 1 unspecified atom stereocenters. The van der Waals surface area contributed by atoms with Gasteiger partial charge < -0.3 is 29.1 Å². The lowest BCUT2D eigenvalue weighted by atomic mass is 9.94. The Hall–Kier alpha value is -3.52. The number of amides is 1. The first-order chi connectivity index (χ1) is 17.3. The van der Waals surface area contributed by atoms with Crippen LogP contribution in [0.3, 0.4) is 0 Å². The first-order valence-electron chi connectivity index (χ1n) is 12.2. The minimum atomic E-state index is -0.822. The molecule has 1 amide bonds. The number of benzene rings is 2. The molecule has 0 aromatic heterocycles. The van der Waals surface area contributed by atoms with Crippen molar-refractivity contribution in [3.63, 3.8) is 0 Å². The molecule has 1 N–H and O–H groups in total. The number of ether oxygens (including phenoxy) is 3. The van der Waals surface area contributed by atoms with Crippen LogP contribution in [-0.4, -0.2) is 74.6 Å². The van der Waals surface area contributed by atoms with Crippen molar-refractivity contribution in [1.82, 2.24) is 9.80 Å². The van der Waals surface area contributed by atoms with E-state index in [4.69, 9.17) is 14.2 Å². The molecule has 2 aromatic carbocycles. The number of ketones is 1. The van der Waals surface area contributed by atoms with Gasteiger partial charge in [-0.05, 0) is 75.9 Å². The number of rotatable bonds is 12. The normalized spacial score (nSPS) is 17.1. The lowest BCUT2D eigenvalue weighted by molar-refractivity contribution is -0.140. The number of aliphatic hydroxyl groups excluding tert-OH is 1. The van der Waals surface area contributed by atoms with Crippen LogP contribution >= 0.6 is 0 Å². The van der Waals surface area contributed by atoms with Gasteiger partial charge in [-0.2, -0.15) is 0 Å². The highest BCUT2D eigenvalue weighted by Gasteiger charge is 2.47. The van der Waals surface area contributed by atoms with E-state index in [0.717, 1.165) is 19.4 Å². The molecule has 0 spiro atoms. The number of unbranched alkanes of at least 4 members (excludes halogenated alkanes) is 1. The van der Waals surface area contributed by atoms with E-state index in [9.17, 15) is 14.7 Å². The monoisotopic (exact) mass is 496 g/mol. The molecule has 1 fully saturated rings. The van der Waals surface area contributed by atoms with Crippen LogP contribution in [0, 0.1) is 0 Å². The Morgan fingerprint density at radius 1 is 1.00 bits per heavy atom. The van der Waals surface area contributed by atoms with Crippen molar-refractivity contribution < 1.29 is 28.9 Å². The SMILES string of the molecule is CCCCOc1ccc(/C(O)=C2/C(=O)C(=O)N(CCCN(C)C)C2c2cc(OC)ccc2OC)cc1. The third-order valence-electron chi connectivity index (χ3n) is 6.17. The van der Waals surface area contributed by atoms with E-state index in [0.29, 0.717) is 47.9 Å². The summed E-state index contributed by atoms with van der Waals surface area (Å²) in [6.45, 7) is 3.78. The lowest BCUT2D eigenvalue weighted by Gasteiger charge is -2.27. The standard InChI is InChI=1S/C28H36N2O6/c1-6-7-17-36-20-11-9-19(10-12-20)26(31)24-25(22-18-21(34-4)13-14-23(22)35-5)30(28(33)27(24)32)16-8-15-29(2)3/h9-14,18,25,31H,6-8,15-17H2,1-5H3/b26-24-. The second-order valence-corrected chi connectivity index (χ2v) is 8.98. The summed E-state index contributed by atoms with van der Waals surface area (Å²) in [6.07, 6.45) is 2.63. The Labute approximate surface area is 213 Å². The smallest absolute Gasteiger partial charge is 0.295 e. The lowest BCUT2D eigenvalue weighted by Crippen LogP contribution is -2.32. The van der Waals surface area contributed by atoms with Gasteiger partial charge in [-0.3, -0.25) is 9.59 Å². The van der Waals surface area contributed by atoms with Gasteiger partial charge in [-0.25, -0.2) is 0 Å². The van der Waals surface area contributed by atoms with Gasteiger partial charge in [0.2, 0.25) is 0 Å². The van der Waals surface area contributed by atoms with E-state index < -0.39 is 17.7 Å². The molecule has 0 radical (unpaired) electrons. The van der Waals surface area contributed by atoms with E-state index in [1.807, 2.05) is 19.0 Å². The van der Waals surface area contributed by atoms with Crippen LogP contribution in [0.2, 0.25) is 0 Å². The van der Waals surface area contributed by atoms with Gasteiger partial charge in [0.1, 0.15) is 23.0 Å². The molecule has 194 valence electrons. The summed E-state index contributed by atoms with van der Waals surface area (Å²) in [5.74, 6) is 0.109. The third-order valence-corrected chi connectivity index (χ3v) is 6.17. The molecule has 36 heavy (non-hydrogen) atoms. The van der Waals surface area contributed by atoms with E-state index >= 15 is 0 Å². The van der Waals surface area contributed by atoms with Gasteiger partial charge >= 0.3 is 0 Å². The quantitative estimate of drug-likeness (QED) is 0.203. The first-order valence-corrected chi connectivity index (χ1v) is 12.2. The molecule has 1 aliphatic rings. The molecule has 1 aliphatic heterocycles. The second-order valence-electron chi connectivity index (χ2n) is 8.98.